The average molecular weight is 312 g/mol. The molecule has 2 bridgehead atoms. The number of rotatable bonds is 6. The van der Waals surface area contributed by atoms with Gasteiger partial charge in [0.2, 0.25) is 10.0 Å². The molecule has 3 rings (SSSR count). The summed E-state index contributed by atoms with van der Waals surface area (Å²) in [4.78, 5) is 0.110. The molecule has 3 unspecified atom stereocenters. The van der Waals surface area contributed by atoms with Crippen LogP contribution < -0.4 is 10.5 Å². The van der Waals surface area contributed by atoms with Gasteiger partial charge in [-0.3, -0.25) is 4.68 Å². The van der Waals surface area contributed by atoms with E-state index < -0.39 is 10.0 Å². The lowest BCUT2D eigenvalue weighted by Crippen LogP contribution is -2.31. The zero-order valence-corrected chi connectivity index (χ0v) is 13.3. The number of nitrogens with one attached hydrogen (secondary N) is 1. The van der Waals surface area contributed by atoms with Crippen LogP contribution in [0.3, 0.4) is 0 Å². The summed E-state index contributed by atoms with van der Waals surface area (Å²) in [5.74, 6) is 2.11. The molecule has 0 amide bonds. The van der Waals surface area contributed by atoms with E-state index in [0.29, 0.717) is 24.9 Å². The van der Waals surface area contributed by atoms with Gasteiger partial charge >= 0.3 is 0 Å². The smallest absolute Gasteiger partial charge is 0.245 e. The van der Waals surface area contributed by atoms with Crippen LogP contribution in [0.5, 0.6) is 0 Å². The number of hydrogen-bond acceptors (Lipinski definition) is 4. The van der Waals surface area contributed by atoms with E-state index in [1.165, 1.54) is 25.5 Å². The van der Waals surface area contributed by atoms with E-state index >= 15 is 0 Å². The molecule has 3 atom stereocenters. The summed E-state index contributed by atoms with van der Waals surface area (Å²) in [6.07, 6.45) is 7.44. The molecule has 1 aromatic rings. The van der Waals surface area contributed by atoms with Gasteiger partial charge in [0, 0.05) is 19.3 Å². The molecule has 2 saturated carbocycles. The van der Waals surface area contributed by atoms with Crippen molar-refractivity contribution < 1.29 is 8.42 Å². The summed E-state index contributed by atoms with van der Waals surface area (Å²) >= 11 is 0. The van der Waals surface area contributed by atoms with E-state index in [4.69, 9.17) is 5.73 Å². The topological polar surface area (TPSA) is 90.0 Å². The third kappa shape index (κ3) is 2.94. The van der Waals surface area contributed by atoms with Gasteiger partial charge in [-0.15, -0.1) is 0 Å². The maximum absolute atomic E-state index is 12.4. The molecule has 1 heterocycles. The van der Waals surface area contributed by atoms with E-state index in [1.54, 1.807) is 4.68 Å². The van der Waals surface area contributed by atoms with Crippen LogP contribution in [0.4, 0.5) is 5.82 Å². The van der Waals surface area contributed by atoms with Gasteiger partial charge < -0.3 is 5.73 Å². The van der Waals surface area contributed by atoms with Crippen molar-refractivity contribution in [1.82, 2.24) is 14.5 Å². The normalized spacial score (nSPS) is 28.3. The minimum absolute atomic E-state index is 0.0869. The Labute approximate surface area is 126 Å². The number of aromatic nitrogens is 2. The lowest BCUT2D eigenvalue weighted by molar-refractivity contribution is 0.333. The van der Waals surface area contributed by atoms with Crippen molar-refractivity contribution in [2.24, 2.45) is 17.8 Å². The van der Waals surface area contributed by atoms with Crippen LogP contribution in [-0.2, 0) is 16.6 Å². The fourth-order valence-electron chi connectivity index (χ4n) is 3.89. The largest absolute Gasteiger partial charge is 0.381 e. The molecule has 21 heavy (non-hydrogen) atoms. The first kappa shape index (κ1) is 14.8. The highest BCUT2D eigenvalue weighted by Gasteiger charge is 2.39. The molecule has 2 fully saturated rings. The molecule has 2 aliphatic carbocycles. The van der Waals surface area contributed by atoms with Gasteiger partial charge in [-0.25, -0.2) is 13.1 Å². The maximum atomic E-state index is 12.4. The fourth-order valence-corrected chi connectivity index (χ4v) is 5.06. The van der Waals surface area contributed by atoms with Crippen molar-refractivity contribution in [3.05, 3.63) is 6.20 Å². The van der Waals surface area contributed by atoms with E-state index in [-0.39, 0.29) is 10.7 Å². The highest BCUT2D eigenvalue weighted by atomic mass is 32.2. The molecule has 0 saturated heterocycles. The van der Waals surface area contributed by atoms with Gasteiger partial charge in [0.25, 0.3) is 0 Å². The summed E-state index contributed by atoms with van der Waals surface area (Å²) < 4.78 is 29.1. The second-order valence-corrected chi connectivity index (χ2v) is 8.16. The van der Waals surface area contributed by atoms with Crippen LogP contribution in [0.15, 0.2) is 11.1 Å². The van der Waals surface area contributed by atoms with Gasteiger partial charge in [0.15, 0.2) is 5.82 Å². The number of anilines is 1. The Morgan fingerprint density at radius 3 is 2.86 bits per heavy atom. The van der Waals surface area contributed by atoms with Crippen molar-refractivity contribution in [1.29, 1.82) is 0 Å². The second-order valence-electron chi connectivity index (χ2n) is 6.43. The molecule has 0 radical (unpaired) electrons. The lowest BCUT2D eigenvalue weighted by Gasteiger charge is -2.21. The SMILES string of the molecule is CCCn1cc(S(=O)(=O)NCC2CC3CCC2C3)c(N)n1. The Balaban J connectivity index is 1.66. The van der Waals surface area contributed by atoms with Crippen LogP contribution in [-0.4, -0.2) is 24.7 Å². The number of nitrogens with two attached hydrogens (primary N) is 1. The molecule has 3 N–H and O–H groups in total. The summed E-state index contributed by atoms with van der Waals surface area (Å²) in [6.45, 7) is 3.22. The van der Waals surface area contributed by atoms with E-state index in [1.807, 2.05) is 6.92 Å². The molecule has 7 heteroatoms. The zero-order chi connectivity index (χ0) is 15.0. The van der Waals surface area contributed by atoms with Gasteiger partial charge in [-0.05, 0) is 43.4 Å². The fraction of sp³-hybridized carbons (Fsp3) is 0.786. The van der Waals surface area contributed by atoms with Crippen molar-refractivity contribution >= 4 is 15.8 Å². The Kier molecular flexibility index (Phi) is 3.96. The lowest BCUT2D eigenvalue weighted by atomic mass is 9.89. The number of sulfonamides is 1. The highest BCUT2D eigenvalue weighted by Crippen LogP contribution is 2.48. The third-order valence-corrected chi connectivity index (χ3v) is 6.36. The molecule has 0 aliphatic heterocycles. The van der Waals surface area contributed by atoms with Crippen molar-refractivity contribution in [2.45, 2.75) is 50.5 Å². The molecule has 1 aromatic heterocycles. The van der Waals surface area contributed by atoms with E-state index in [0.717, 1.165) is 18.8 Å². The van der Waals surface area contributed by atoms with Crippen molar-refractivity contribution in [3.63, 3.8) is 0 Å². The quantitative estimate of drug-likeness (QED) is 0.834. The number of nitrogens with zero attached hydrogens (tertiary/aromatic N) is 2. The minimum Gasteiger partial charge on any atom is -0.381 e. The molecule has 2 aliphatic rings. The average Bonchev–Trinajstić information content (AvgIpc) is 3.12. The summed E-state index contributed by atoms with van der Waals surface area (Å²) in [6, 6.07) is 0. The predicted octanol–water partition coefficient (Wildman–Crippen LogP) is 1.59. The Bertz CT molecular complexity index is 610. The van der Waals surface area contributed by atoms with E-state index in [9.17, 15) is 8.42 Å². The van der Waals surface area contributed by atoms with Gasteiger partial charge in [0.05, 0.1) is 0 Å². The Morgan fingerprint density at radius 1 is 1.43 bits per heavy atom. The maximum Gasteiger partial charge on any atom is 0.245 e. The molecular formula is C14H24N4O2S. The summed E-state index contributed by atoms with van der Waals surface area (Å²) in [5, 5.41) is 4.06. The van der Waals surface area contributed by atoms with Gasteiger partial charge in [-0.2, -0.15) is 5.10 Å². The standard InChI is InChI=1S/C14H24N4O2S/c1-2-5-18-9-13(14(15)17-18)21(19,20)16-8-12-7-10-3-4-11(12)6-10/h9-12,16H,2-8H2,1H3,(H2,15,17). The molecule has 6 nitrogen and oxygen atoms in total. The first-order valence-corrected chi connectivity index (χ1v) is 9.30. The van der Waals surface area contributed by atoms with Crippen LogP contribution >= 0.6 is 0 Å². The molecular weight excluding hydrogens is 288 g/mol. The van der Waals surface area contributed by atoms with Crippen molar-refractivity contribution in [2.75, 3.05) is 12.3 Å². The number of aryl methyl sites for hydroxylation is 1. The van der Waals surface area contributed by atoms with Crippen LogP contribution in [0, 0.1) is 17.8 Å². The third-order valence-electron chi connectivity index (χ3n) is 4.92. The van der Waals surface area contributed by atoms with Crippen LogP contribution in [0.2, 0.25) is 0 Å². The first-order valence-electron chi connectivity index (χ1n) is 7.82. The Morgan fingerprint density at radius 2 is 2.24 bits per heavy atom. The van der Waals surface area contributed by atoms with Gasteiger partial charge in [0.1, 0.15) is 4.90 Å². The van der Waals surface area contributed by atoms with E-state index in [2.05, 4.69) is 9.82 Å². The first-order chi connectivity index (χ1) is 9.99. The number of fused-ring (bicyclic) bond motifs is 2. The summed E-state index contributed by atoms with van der Waals surface area (Å²) in [5.41, 5.74) is 5.75. The van der Waals surface area contributed by atoms with Crippen LogP contribution in [0.1, 0.15) is 39.0 Å². The monoisotopic (exact) mass is 312 g/mol. The predicted molar refractivity (Wildman–Crippen MR) is 81.1 cm³/mol. The number of nitrogen functional groups attached to an aromatic ring is 1. The number of hydrogen-bond donors (Lipinski definition) is 2. The second kappa shape index (κ2) is 5.61. The van der Waals surface area contributed by atoms with Crippen LogP contribution in [0.25, 0.3) is 0 Å². The minimum atomic E-state index is -3.55. The summed E-state index contributed by atoms with van der Waals surface area (Å²) in [7, 11) is -3.55. The van der Waals surface area contributed by atoms with Gasteiger partial charge in [-0.1, -0.05) is 13.3 Å². The highest BCUT2D eigenvalue weighted by molar-refractivity contribution is 7.89. The molecule has 0 spiro atoms. The molecule has 118 valence electrons. The molecule has 0 aromatic carbocycles. The van der Waals surface area contributed by atoms with Crippen molar-refractivity contribution in [3.8, 4) is 0 Å². The Hall–Kier alpha value is -1.08. The zero-order valence-electron chi connectivity index (χ0n) is 12.5.